The summed E-state index contributed by atoms with van der Waals surface area (Å²) in [6, 6.07) is 0. The lowest BCUT2D eigenvalue weighted by molar-refractivity contribution is -0.0223. The maximum atomic E-state index is 10.6. The fraction of sp³-hybridized carbons (Fsp3) is 0.833. The van der Waals surface area contributed by atoms with E-state index in [4.69, 9.17) is 4.74 Å². The van der Waals surface area contributed by atoms with Gasteiger partial charge in [0.15, 0.2) is 0 Å². The quantitative estimate of drug-likeness (QED) is 0.699. The molecule has 1 fully saturated rings. The molecule has 0 saturated heterocycles. The van der Waals surface area contributed by atoms with Gasteiger partial charge >= 0.3 is 0 Å². The van der Waals surface area contributed by atoms with E-state index < -0.39 is 5.60 Å². The third kappa shape index (κ3) is 1.86. The zero-order chi connectivity index (χ0) is 10.0. The van der Waals surface area contributed by atoms with Crippen molar-refractivity contribution in [2.24, 2.45) is 5.92 Å². The fourth-order valence-electron chi connectivity index (χ4n) is 2.49. The Hall–Kier alpha value is -0.340. The zero-order valence-corrected chi connectivity index (χ0v) is 8.96. The molecule has 0 bridgehead atoms. The molecule has 0 aromatic heterocycles. The summed E-state index contributed by atoms with van der Waals surface area (Å²) >= 11 is 0. The van der Waals surface area contributed by atoms with Crippen molar-refractivity contribution in [2.45, 2.75) is 44.1 Å². The molecule has 2 nitrogen and oxygen atoms in total. The standard InChI is InChI=1S/C12H20O2/c1-14-9-12(13,11-7-8-11)10-5-3-2-4-6-10/h5,11,13H,2-4,6-9H2,1H3. The van der Waals surface area contributed by atoms with Crippen molar-refractivity contribution in [2.75, 3.05) is 13.7 Å². The third-order valence-corrected chi connectivity index (χ3v) is 3.46. The summed E-state index contributed by atoms with van der Waals surface area (Å²) in [4.78, 5) is 0. The molecule has 2 rings (SSSR count). The molecule has 1 atom stereocenters. The number of aliphatic hydroxyl groups is 1. The Bertz CT molecular complexity index is 230. The van der Waals surface area contributed by atoms with E-state index in [9.17, 15) is 5.11 Å². The molecule has 1 saturated carbocycles. The molecule has 0 spiro atoms. The average Bonchev–Trinajstić information content (AvgIpc) is 3.03. The van der Waals surface area contributed by atoms with Crippen LogP contribution in [-0.4, -0.2) is 24.4 Å². The first-order chi connectivity index (χ1) is 6.77. The van der Waals surface area contributed by atoms with Crippen molar-refractivity contribution in [3.05, 3.63) is 11.6 Å². The normalized spacial score (nSPS) is 26.9. The van der Waals surface area contributed by atoms with Crippen LogP contribution in [0.15, 0.2) is 11.6 Å². The Morgan fingerprint density at radius 2 is 2.29 bits per heavy atom. The van der Waals surface area contributed by atoms with Crippen LogP contribution in [0.4, 0.5) is 0 Å². The van der Waals surface area contributed by atoms with Gasteiger partial charge in [0, 0.05) is 7.11 Å². The van der Waals surface area contributed by atoms with E-state index >= 15 is 0 Å². The summed E-state index contributed by atoms with van der Waals surface area (Å²) < 4.78 is 5.17. The molecule has 2 heteroatoms. The highest BCUT2D eigenvalue weighted by atomic mass is 16.5. The van der Waals surface area contributed by atoms with Gasteiger partial charge in [-0.15, -0.1) is 0 Å². The summed E-state index contributed by atoms with van der Waals surface area (Å²) in [6.07, 6.45) is 9.27. The van der Waals surface area contributed by atoms with Gasteiger partial charge in [-0.1, -0.05) is 6.08 Å². The Kier molecular flexibility index (Phi) is 2.93. The third-order valence-electron chi connectivity index (χ3n) is 3.46. The maximum absolute atomic E-state index is 10.6. The van der Waals surface area contributed by atoms with Gasteiger partial charge in [0.25, 0.3) is 0 Å². The van der Waals surface area contributed by atoms with Gasteiger partial charge in [-0.25, -0.2) is 0 Å². The van der Waals surface area contributed by atoms with Crippen molar-refractivity contribution >= 4 is 0 Å². The van der Waals surface area contributed by atoms with Gasteiger partial charge in [0.05, 0.1) is 6.61 Å². The number of hydrogen-bond donors (Lipinski definition) is 1. The Morgan fingerprint density at radius 3 is 2.79 bits per heavy atom. The predicted octanol–water partition coefficient (Wildman–Crippen LogP) is 2.27. The minimum absolute atomic E-state index is 0.465. The van der Waals surface area contributed by atoms with Crippen molar-refractivity contribution in [3.63, 3.8) is 0 Å². The van der Waals surface area contributed by atoms with Crippen LogP contribution in [0.5, 0.6) is 0 Å². The van der Waals surface area contributed by atoms with Crippen LogP contribution in [0, 0.1) is 5.92 Å². The summed E-state index contributed by atoms with van der Waals surface area (Å²) in [5.74, 6) is 0.465. The minimum atomic E-state index is -0.630. The fourth-order valence-corrected chi connectivity index (χ4v) is 2.49. The topological polar surface area (TPSA) is 29.5 Å². The molecular weight excluding hydrogens is 176 g/mol. The molecule has 14 heavy (non-hydrogen) atoms. The van der Waals surface area contributed by atoms with E-state index in [1.807, 2.05) is 0 Å². The lowest BCUT2D eigenvalue weighted by Crippen LogP contribution is -2.39. The molecule has 0 heterocycles. The van der Waals surface area contributed by atoms with Gasteiger partial charge < -0.3 is 9.84 Å². The summed E-state index contributed by atoms with van der Waals surface area (Å²) in [5, 5.41) is 10.6. The second kappa shape index (κ2) is 4.03. The van der Waals surface area contributed by atoms with E-state index in [0.29, 0.717) is 12.5 Å². The number of ether oxygens (including phenoxy) is 1. The SMILES string of the molecule is COCC(O)(C1=CCCCC1)C1CC1. The van der Waals surface area contributed by atoms with Gasteiger partial charge in [0.1, 0.15) is 5.60 Å². The van der Waals surface area contributed by atoms with Crippen molar-refractivity contribution in [1.29, 1.82) is 0 Å². The maximum Gasteiger partial charge on any atom is 0.112 e. The number of allylic oxidation sites excluding steroid dienone is 1. The molecule has 1 N–H and O–H groups in total. The molecule has 2 aliphatic rings. The predicted molar refractivity (Wildman–Crippen MR) is 56.1 cm³/mol. The van der Waals surface area contributed by atoms with Crippen LogP contribution in [0.25, 0.3) is 0 Å². The second-order valence-electron chi connectivity index (χ2n) is 4.61. The number of rotatable bonds is 4. The van der Waals surface area contributed by atoms with Crippen LogP contribution in [0.1, 0.15) is 38.5 Å². The van der Waals surface area contributed by atoms with Crippen LogP contribution < -0.4 is 0 Å². The average molecular weight is 196 g/mol. The highest BCUT2D eigenvalue weighted by Crippen LogP contribution is 2.45. The highest BCUT2D eigenvalue weighted by molar-refractivity contribution is 5.23. The summed E-state index contributed by atoms with van der Waals surface area (Å²) in [7, 11) is 1.68. The molecule has 0 aromatic rings. The monoisotopic (exact) mass is 196 g/mol. The zero-order valence-electron chi connectivity index (χ0n) is 8.96. The molecule has 0 aliphatic heterocycles. The van der Waals surface area contributed by atoms with Gasteiger partial charge in [-0.2, -0.15) is 0 Å². The molecule has 2 aliphatic carbocycles. The largest absolute Gasteiger partial charge is 0.383 e. The number of methoxy groups -OCH3 is 1. The van der Waals surface area contributed by atoms with Gasteiger partial charge in [0.2, 0.25) is 0 Å². The first-order valence-electron chi connectivity index (χ1n) is 5.68. The van der Waals surface area contributed by atoms with Crippen LogP contribution in [-0.2, 0) is 4.74 Å². The summed E-state index contributed by atoms with van der Waals surface area (Å²) in [6.45, 7) is 0.476. The Labute approximate surface area is 86.0 Å². The van der Waals surface area contributed by atoms with Crippen molar-refractivity contribution in [1.82, 2.24) is 0 Å². The van der Waals surface area contributed by atoms with E-state index in [2.05, 4.69) is 6.08 Å². The Balaban J connectivity index is 2.11. The molecule has 0 radical (unpaired) electrons. The molecular formula is C12H20O2. The van der Waals surface area contributed by atoms with Crippen LogP contribution in [0.2, 0.25) is 0 Å². The molecule has 80 valence electrons. The van der Waals surface area contributed by atoms with Crippen molar-refractivity contribution < 1.29 is 9.84 Å². The van der Waals surface area contributed by atoms with Crippen LogP contribution >= 0.6 is 0 Å². The van der Waals surface area contributed by atoms with Gasteiger partial charge in [-0.05, 0) is 50.0 Å². The minimum Gasteiger partial charge on any atom is -0.383 e. The van der Waals surface area contributed by atoms with E-state index in [-0.39, 0.29) is 0 Å². The first kappa shape index (κ1) is 10.2. The van der Waals surface area contributed by atoms with Crippen molar-refractivity contribution in [3.8, 4) is 0 Å². The van der Waals surface area contributed by atoms with E-state index in [1.165, 1.54) is 18.4 Å². The molecule has 0 aromatic carbocycles. The molecule has 1 unspecified atom stereocenters. The first-order valence-corrected chi connectivity index (χ1v) is 5.68. The lowest BCUT2D eigenvalue weighted by Gasteiger charge is -2.32. The highest BCUT2D eigenvalue weighted by Gasteiger charge is 2.46. The summed E-state index contributed by atoms with van der Waals surface area (Å²) in [5.41, 5.74) is 0.614. The van der Waals surface area contributed by atoms with E-state index in [1.54, 1.807) is 7.11 Å². The van der Waals surface area contributed by atoms with E-state index in [0.717, 1.165) is 25.7 Å². The number of hydrogen-bond acceptors (Lipinski definition) is 2. The van der Waals surface area contributed by atoms with Crippen LogP contribution in [0.3, 0.4) is 0 Å². The second-order valence-corrected chi connectivity index (χ2v) is 4.61. The van der Waals surface area contributed by atoms with Gasteiger partial charge in [-0.3, -0.25) is 0 Å². The lowest BCUT2D eigenvalue weighted by atomic mass is 9.82. The molecule has 0 amide bonds. The Morgan fingerprint density at radius 1 is 1.50 bits per heavy atom. The smallest absolute Gasteiger partial charge is 0.112 e.